The Morgan fingerprint density at radius 3 is 3.00 bits per heavy atom. The predicted octanol–water partition coefficient (Wildman–Crippen LogP) is 2.19. The van der Waals surface area contributed by atoms with Crippen LogP contribution in [0.3, 0.4) is 0 Å². The van der Waals surface area contributed by atoms with E-state index in [4.69, 9.17) is 4.74 Å². The van der Waals surface area contributed by atoms with Crippen molar-refractivity contribution in [3.63, 3.8) is 0 Å². The summed E-state index contributed by atoms with van der Waals surface area (Å²) in [6.45, 7) is 1.64. The molecule has 2 unspecified atom stereocenters. The Balaban J connectivity index is 1.43. The van der Waals surface area contributed by atoms with Crippen molar-refractivity contribution in [2.24, 2.45) is 5.92 Å². The molecule has 0 bridgehead atoms. The van der Waals surface area contributed by atoms with Crippen LogP contribution in [0.5, 0.6) is 0 Å². The van der Waals surface area contributed by atoms with Gasteiger partial charge in [0, 0.05) is 19.2 Å². The molecule has 0 aliphatic heterocycles. The molecule has 0 heterocycles. The van der Waals surface area contributed by atoms with Crippen LogP contribution < -0.4 is 5.32 Å². The third-order valence-corrected chi connectivity index (χ3v) is 4.15. The Hall–Kier alpha value is -0.970. The number of benzene rings is 1. The highest BCUT2D eigenvalue weighted by Crippen LogP contribution is 2.31. The fourth-order valence-electron chi connectivity index (χ4n) is 2.78. The minimum absolute atomic E-state index is 0.152. The van der Waals surface area contributed by atoms with Crippen molar-refractivity contribution in [3.8, 4) is 0 Å². The number of ether oxygens (including phenoxy) is 1. The topological polar surface area (TPSA) is 41.5 Å². The lowest BCUT2D eigenvalue weighted by molar-refractivity contribution is 0.0312. The van der Waals surface area contributed by atoms with Crippen molar-refractivity contribution in [2.75, 3.05) is 19.8 Å². The van der Waals surface area contributed by atoms with E-state index in [0.29, 0.717) is 13.2 Å². The van der Waals surface area contributed by atoms with E-state index in [2.05, 4.69) is 5.32 Å². The van der Waals surface area contributed by atoms with Crippen molar-refractivity contribution in [1.29, 1.82) is 0 Å². The van der Waals surface area contributed by atoms with Gasteiger partial charge in [0.05, 0.1) is 12.7 Å². The van der Waals surface area contributed by atoms with Crippen LogP contribution in [0.15, 0.2) is 18.2 Å². The molecule has 0 spiro atoms. The third-order valence-electron chi connectivity index (χ3n) is 4.15. The maximum Gasteiger partial charge on any atom is 0.123 e. The molecule has 0 amide bonds. The first-order valence-corrected chi connectivity index (χ1v) is 7.50. The summed E-state index contributed by atoms with van der Waals surface area (Å²) in [5.41, 5.74) is 2.25. The first-order chi connectivity index (χ1) is 9.72. The van der Waals surface area contributed by atoms with Crippen molar-refractivity contribution in [3.05, 3.63) is 35.1 Å². The summed E-state index contributed by atoms with van der Waals surface area (Å²) in [4.78, 5) is 0. The van der Waals surface area contributed by atoms with E-state index < -0.39 is 6.10 Å². The smallest absolute Gasteiger partial charge is 0.123 e. The van der Waals surface area contributed by atoms with Gasteiger partial charge in [-0.3, -0.25) is 0 Å². The van der Waals surface area contributed by atoms with E-state index in [-0.39, 0.29) is 11.9 Å². The van der Waals surface area contributed by atoms with Gasteiger partial charge in [-0.05, 0) is 54.9 Å². The summed E-state index contributed by atoms with van der Waals surface area (Å²) in [6, 6.07) is 5.14. The standard InChI is InChI=1S/C16H22FNO2/c17-13-5-3-12-4-6-16(15(12)7-13)18-8-14(19)10-20-9-11-1-2-11/h3,5,7,11,14,16,18-19H,1-2,4,6,8-10H2. The van der Waals surface area contributed by atoms with Gasteiger partial charge in [0.25, 0.3) is 0 Å². The molecule has 1 fully saturated rings. The molecule has 0 aromatic heterocycles. The molecule has 3 nitrogen and oxygen atoms in total. The van der Waals surface area contributed by atoms with Crippen LogP contribution in [0.1, 0.15) is 36.4 Å². The highest BCUT2D eigenvalue weighted by Gasteiger charge is 2.24. The molecule has 1 aromatic rings. The summed E-state index contributed by atoms with van der Waals surface area (Å²) in [5, 5.41) is 13.2. The van der Waals surface area contributed by atoms with Gasteiger partial charge in [0.15, 0.2) is 0 Å². The van der Waals surface area contributed by atoms with E-state index in [9.17, 15) is 9.50 Å². The van der Waals surface area contributed by atoms with Gasteiger partial charge < -0.3 is 15.2 Å². The molecular formula is C16H22FNO2. The van der Waals surface area contributed by atoms with Crippen LogP contribution in [-0.2, 0) is 11.2 Å². The number of aliphatic hydroxyl groups is 1. The Morgan fingerprint density at radius 1 is 1.35 bits per heavy atom. The average molecular weight is 279 g/mol. The number of halogens is 1. The molecule has 3 rings (SSSR count). The van der Waals surface area contributed by atoms with Crippen LogP contribution in [-0.4, -0.2) is 31.0 Å². The Kier molecular flexibility index (Phi) is 4.34. The molecule has 0 saturated heterocycles. The molecule has 2 atom stereocenters. The molecule has 110 valence electrons. The Bertz CT molecular complexity index is 462. The lowest BCUT2D eigenvalue weighted by Gasteiger charge is -2.17. The molecule has 20 heavy (non-hydrogen) atoms. The minimum Gasteiger partial charge on any atom is -0.389 e. The minimum atomic E-state index is -0.494. The van der Waals surface area contributed by atoms with Crippen molar-refractivity contribution in [1.82, 2.24) is 5.32 Å². The van der Waals surface area contributed by atoms with E-state index in [1.165, 1.54) is 24.5 Å². The molecular weight excluding hydrogens is 257 g/mol. The number of hydrogen-bond acceptors (Lipinski definition) is 3. The fourth-order valence-corrected chi connectivity index (χ4v) is 2.78. The lowest BCUT2D eigenvalue weighted by Crippen LogP contribution is -2.32. The second kappa shape index (κ2) is 6.20. The molecule has 2 aliphatic rings. The van der Waals surface area contributed by atoms with E-state index in [1.54, 1.807) is 6.07 Å². The summed E-state index contributed by atoms with van der Waals surface area (Å²) in [6.07, 6.45) is 3.97. The number of nitrogens with one attached hydrogen (secondary N) is 1. The Morgan fingerprint density at radius 2 is 2.20 bits per heavy atom. The van der Waals surface area contributed by atoms with Crippen molar-refractivity contribution < 1.29 is 14.2 Å². The molecule has 4 heteroatoms. The van der Waals surface area contributed by atoms with Gasteiger partial charge in [-0.15, -0.1) is 0 Å². The normalized spacial score (nSPS) is 22.8. The van der Waals surface area contributed by atoms with Gasteiger partial charge >= 0.3 is 0 Å². The van der Waals surface area contributed by atoms with Gasteiger partial charge in [0.2, 0.25) is 0 Å². The van der Waals surface area contributed by atoms with Crippen LogP contribution in [0.25, 0.3) is 0 Å². The maximum atomic E-state index is 13.3. The molecule has 0 radical (unpaired) electrons. The van der Waals surface area contributed by atoms with Gasteiger partial charge in [-0.2, -0.15) is 0 Å². The SMILES string of the molecule is OC(CNC1CCc2ccc(F)cc21)COCC1CC1. The van der Waals surface area contributed by atoms with Crippen molar-refractivity contribution in [2.45, 2.75) is 37.8 Å². The zero-order valence-electron chi connectivity index (χ0n) is 11.6. The summed E-state index contributed by atoms with van der Waals surface area (Å²) >= 11 is 0. The second-order valence-corrected chi connectivity index (χ2v) is 5.98. The van der Waals surface area contributed by atoms with Crippen LogP contribution in [0, 0.1) is 11.7 Å². The highest BCUT2D eigenvalue weighted by molar-refractivity contribution is 5.34. The van der Waals surface area contributed by atoms with Gasteiger partial charge in [0.1, 0.15) is 5.82 Å². The predicted molar refractivity (Wildman–Crippen MR) is 75.0 cm³/mol. The first-order valence-electron chi connectivity index (χ1n) is 7.50. The van der Waals surface area contributed by atoms with Crippen LogP contribution >= 0.6 is 0 Å². The van der Waals surface area contributed by atoms with E-state index in [1.807, 2.05) is 6.07 Å². The van der Waals surface area contributed by atoms with Crippen molar-refractivity contribution >= 4 is 0 Å². The number of fused-ring (bicyclic) bond motifs is 1. The average Bonchev–Trinajstić information content (AvgIpc) is 3.16. The molecule has 2 N–H and O–H groups in total. The zero-order valence-corrected chi connectivity index (χ0v) is 11.6. The Labute approximate surface area is 119 Å². The summed E-state index contributed by atoms with van der Waals surface area (Å²) in [5.74, 6) is 0.533. The molecule has 1 aromatic carbocycles. The quantitative estimate of drug-likeness (QED) is 0.804. The lowest BCUT2D eigenvalue weighted by atomic mass is 10.1. The number of rotatable bonds is 7. The monoisotopic (exact) mass is 279 g/mol. The highest BCUT2D eigenvalue weighted by atomic mass is 19.1. The third kappa shape index (κ3) is 3.57. The summed E-state index contributed by atoms with van der Waals surface area (Å²) < 4.78 is 18.8. The van der Waals surface area contributed by atoms with Gasteiger partial charge in [-0.25, -0.2) is 4.39 Å². The second-order valence-electron chi connectivity index (χ2n) is 5.98. The zero-order chi connectivity index (χ0) is 13.9. The van der Waals surface area contributed by atoms with E-state index >= 15 is 0 Å². The molecule has 2 aliphatic carbocycles. The number of aryl methyl sites for hydroxylation is 1. The first kappa shape index (κ1) is 14.0. The van der Waals surface area contributed by atoms with Gasteiger partial charge in [-0.1, -0.05) is 6.07 Å². The molecule has 1 saturated carbocycles. The van der Waals surface area contributed by atoms with Crippen LogP contribution in [0.4, 0.5) is 4.39 Å². The summed E-state index contributed by atoms with van der Waals surface area (Å²) in [7, 11) is 0. The largest absolute Gasteiger partial charge is 0.389 e. The van der Waals surface area contributed by atoms with Crippen LogP contribution in [0.2, 0.25) is 0 Å². The fraction of sp³-hybridized carbons (Fsp3) is 0.625. The number of hydrogen-bond donors (Lipinski definition) is 2. The van der Waals surface area contributed by atoms with E-state index in [0.717, 1.165) is 30.9 Å². The number of aliphatic hydroxyl groups excluding tert-OH is 1. The maximum absolute atomic E-state index is 13.3.